The number of likely N-dealkylation sites (tertiary alicyclic amines) is 1. The third-order valence-corrected chi connectivity index (χ3v) is 3.73. The Hall–Kier alpha value is -1.55. The second-order valence-electron chi connectivity index (χ2n) is 4.76. The van der Waals surface area contributed by atoms with Gasteiger partial charge in [0.1, 0.15) is 0 Å². The van der Waals surface area contributed by atoms with Crippen LogP contribution in [0.2, 0.25) is 0 Å². The summed E-state index contributed by atoms with van der Waals surface area (Å²) in [5, 5.41) is 6.31. The van der Waals surface area contributed by atoms with E-state index in [1.54, 1.807) is 0 Å². The molecule has 2 saturated heterocycles. The van der Waals surface area contributed by atoms with Crippen molar-refractivity contribution >= 4 is 11.7 Å². The van der Waals surface area contributed by atoms with Crippen LogP contribution in [-0.2, 0) is 0 Å². The first kappa shape index (κ1) is 10.6. The smallest absolute Gasteiger partial charge is 0.320 e. The minimum atomic E-state index is 0.0346. The van der Waals surface area contributed by atoms with Crippen molar-refractivity contribution in [2.24, 2.45) is 5.92 Å². The third-order valence-electron chi connectivity index (χ3n) is 3.73. The summed E-state index contributed by atoms with van der Waals surface area (Å²) >= 11 is 0. The second kappa shape index (κ2) is 4.37. The molecule has 2 heterocycles. The van der Waals surface area contributed by atoms with Crippen molar-refractivity contribution in [1.29, 1.82) is 0 Å². The standard InChI is InChI=1S/C13H17N3O/c17-13(15-11-4-2-1-3-5-11)16-7-6-10-8-14-9-12(10)16/h1-5,10,12,14H,6-9H2,(H,15,17)/t10-,12+/m0/s1. The highest BCUT2D eigenvalue weighted by Gasteiger charge is 2.39. The van der Waals surface area contributed by atoms with E-state index in [1.165, 1.54) is 0 Å². The van der Waals surface area contributed by atoms with Crippen LogP contribution in [0.15, 0.2) is 30.3 Å². The number of urea groups is 1. The van der Waals surface area contributed by atoms with Crippen molar-refractivity contribution in [3.05, 3.63) is 30.3 Å². The first-order valence-electron chi connectivity index (χ1n) is 6.18. The molecule has 4 nitrogen and oxygen atoms in total. The van der Waals surface area contributed by atoms with E-state index < -0.39 is 0 Å². The molecule has 0 aromatic heterocycles. The quantitative estimate of drug-likeness (QED) is 0.769. The summed E-state index contributed by atoms with van der Waals surface area (Å²) in [5.74, 6) is 0.650. The van der Waals surface area contributed by atoms with E-state index in [0.29, 0.717) is 12.0 Å². The number of carbonyl (C=O) groups excluding carboxylic acids is 1. The van der Waals surface area contributed by atoms with E-state index in [0.717, 1.165) is 31.7 Å². The maximum Gasteiger partial charge on any atom is 0.322 e. The highest BCUT2D eigenvalue weighted by Crippen LogP contribution is 2.27. The van der Waals surface area contributed by atoms with Crippen LogP contribution < -0.4 is 10.6 Å². The number of para-hydroxylation sites is 1. The zero-order valence-corrected chi connectivity index (χ0v) is 9.73. The predicted molar refractivity (Wildman–Crippen MR) is 66.9 cm³/mol. The normalized spacial score (nSPS) is 26.9. The van der Waals surface area contributed by atoms with Crippen molar-refractivity contribution < 1.29 is 4.79 Å². The molecule has 0 unspecified atom stereocenters. The van der Waals surface area contributed by atoms with Gasteiger partial charge in [-0.25, -0.2) is 4.79 Å². The van der Waals surface area contributed by atoms with Gasteiger partial charge in [0, 0.05) is 31.4 Å². The number of nitrogens with one attached hydrogen (secondary N) is 2. The van der Waals surface area contributed by atoms with Gasteiger partial charge in [-0.15, -0.1) is 0 Å². The summed E-state index contributed by atoms with van der Waals surface area (Å²) in [6.07, 6.45) is 1.12. The molecule has 2 N–H and O–H groups in total. The lowest BCUT2D eigenvalue weighted by Crippen LogP contribution is -2.41. The lowest BCUT2D eigenvalue weighted by molar-refractivity contribution is 0.206. The molecule has 2 fully saturated rings. The second-order valence-corrected chi connectivity index (χ2v) is 4.76. The number of amides is 2. The molecule has 0 spiro atoms. The molecule has 2 atom stereocenters. The summed E-state index contributed by atoms with van der Waals surface area (Å²) in [7, 11) is 0. The van der Waals surface area contributed by atoms with Gasteiger partial charge in [0.05, 0.1) is 0 Å². The van der Waals surface area contributed by atoms with Crippen molar-refractivity contribution in [2.45, 2.75) is 12.5 Å². The monoisotopic (exact) mass is 231 g/mol. The predicted octanol–water partition coefficient (Wildman–Crippen LogP) is 1.51. The van der Waals surface area contributed by atoms with Gasteiger partial charge in [-0.2, -0.15) is 0 Å². The Morgan fingerprint density at radius 1 is 1.29 bits per heavy atom. The van der Waals surface area contributed by atoms with Gasteiger partial charge in [0.15, 0.2) is 0 Å². The minimum Gasteiger partial charge on any atom is -0.320 e. The fourth-order valence-electron chi connectivity index (χ4n) is 2.82. The van der Waals surface area contributed by atoms with Gasteiger partial charge in [0.2, 0.25) is 0 Å². The summed E-state index contributed by atoms with van der Waals surface area (Å²) in [5.41, 5.74) is 0.868. The highest BCUT2D eigenvalue weighted by molar-refractivity contribution is 5.89. The number of carbonyl (C=O) groups is 1. The summed E-state index contributed by atoms with van der Waals surface area (Å²) < 4.78 is 0. The molecule has 3 rings (SSSR count). The van der Waals surface area contributed by atoms with Crippen LogP contribution in [-0.4, -0.2) is 36.6 Å². The molecule has 0 aliphatic carbocycles. The molecular formula is C13H17N3O. The molecular weight excluding hydrogens is 214 g/mol. The lowest BCUT2D eigenvalue weighted by Gasteiger charge is -2.23. The first-order chi connectivity index (χ1) is 8.34. The molecule has 0 bridgehead atoms. The van der Waals surface area contributed by atoms with E-state index in [1.807, 2.05) is 35.2 Å². The van der Waals surface area contributed by atoms with E-state index in [-0.39, 0.29) is 6.03 Å². The van der Waals surface area contributed by atoms with E-state index >= 15 is 0 Å². The average Bonchev–Trinajstić information content (AvgIpc) is 2.91. The molecule has 1 aromatic carbocycles. The maximum absolute atomic E-state index is 12.1. The maximum atomic E-state index is 12.1. The number of benzene rings is 1. The number of fused-ring (bicyclic) bond motifs is 1. The van der Waals surface area contributed by atoms with Crippen LogP contribution in [0.4, 0.5) is 10.5 Å². The number of hydrogen-bond acceptors (Lipinski definition) is 2. The fraction of sp³-hybridized carbons (Fsp3) is 0.462. The molecule has 2 amide bonds. The molecule has 2 aliphatic heterocycles. The van der Waals surface area contributed by atoms with Crippen LogP contribution >= 0.6 is 0 Å². The van der Waals surface area contributed by atoms with Crippen molar-refractivity contribution in [3.8, 4) is 0 Å². The van der Waals surface area contributed by atoms with Crippen molar-refractivity contribution in [3.63, 3.8) is 0 Å². The van der Waals surface area contributed by atoms with Crippen LogP contribution in [0.1, 0.15) is 6.42 Å². The van der Waals surface area contributed by atoms with Gasteiger partial charge in [-0.3, -0.25) is 0 Å². The Morgan fingerprint density at radius 3 is 2.94 bits per heavy atom. The molecule has 0 saturated carbocycles. The van der Waals surface area contributed by atoms with Gasteiger partial charge < -0.3 is 15.5 Å². The molecule has 2 aliphatic rings. The van der Waals surface area contributed by atoms with Crippen LogP contribution in [0.3, 0.4) is 0 Å². The molecule has 90 valence electrons. The number of hydrogen-bond donors (Lipinski definition) is 2. The number of rotatable bonds is 1. The first-order valence-corrected chi connectivity index (χ1v) is 6.18. The SMILES string of the molecule is O=C(Nc1ccccc1)N1CC[C@H]2CNC[C@H]21. The van der Waals surface area contributed by atoms with E-state index in [4.69, 9.17) is 0 Å². The lowest BCUT2D eigenvalue weighted by atomic mass is 10.1. The Bertz CT molecular complexity index is 406. The fourth-order valence-corrected chi connectivity index (χ4v) is 2.82. The van der Waals surface area contributed by atoms with Crippen molar-refractivity contribution in [1.82, 2.24) is 10.2 Å². The van der Waals surface area contributed by atoms with Crippen molar-refractivity contribution in [2.75, 3.05) is 25.0 Å². The van der Waals surface area contributed by atoms with Gasteiger partial charge >= 0.3 is 6.03 Å². The van der Waals surface area contributed by atoms with Crippen LogP contribution in [0.25, 0.3) is 0 Å². The summed E-state index contributed by atoms with van der Waals surface area (Å²) in [6.45, 7) is 2.88. The topological polar surface area (TPSA) is 44.4 Å². The zero-order valence-electron chi connectivity index (χ0n) is 9.73. The molecule has 1 aromatic rings. The number of anilines is 1. The highest BCUT2D eigenvalue weighted by atomic mass is 16.2. The number of nitrogens with zero attached hydrogens (tertiary/aromatic N) is 1. The van der Waals surface area contributed by atoms with Gasteiger partial charge in [0.25, 0.3) is 0 Å². The summed E-state index contributed by atoms with van der Waals surface area (Å²) in [6, 6.07) is 10.1. The van der Waals surface area contributed by atoms with Gasteiger partial charge in [-0.1, -0.05) is 18.2 Å². The van der Waals surface area contributed by atoms with E-state index in [2.05, 4.69) is 10.6 Å². The average molecular weight is 231 g/mol. The minimum absolute atomic E-state index is 0.0346. The van der Waals surface area contributed by atoms with Crippen LogP contribution in [0, 0.1) is 5.92 Å². The Labute approximate surface area is 101 Å². The third kappa shape index (κ3) is 2.00. The molecule has 4 heteroatoms. The summed E-state index contributed by atoms with van der Waals surface area (Å²) in [4.78, 5) is 14.1. The Kier molecular flexibility index (Phi) is 2.73. The molecule has 17 heavy (non-hydrogen) atoms. The Morgan fingerprint density at radius 2 is 2.12 bits per heavy atom. The van der Waals surface area contributed by atoms with E-state index in [9.17, 15) is 4.79 Å². The van der Waals surface area contributed by atoms with Crippen LogP contribution in [0.5, 0.6) is 0 Å². The Balaban J connectivity index is 1.67. The zero-order chi connectivity index (χ0) is 11.7. The van der Waals surface area contributed by atoms with Gasteiger partial charge in [-0.05, 0) is 24.5 Å². The molecule has 0 radical (unpaired) electrons. The largest absolute Gasteiger partial charge is 0.322 e.